The molecule has 9 nitrogen and oxygen atoms in total. The smallest absolute Gasteiger partial charge is 0.404 e. The van der Waals surface area contributed by atoms with Crippen LogP contribution in [0.2, 0.25) is 0 Å². The lowest BCUT2D eigenvalue weighted by Crippen LogP contribution is -2.74. The lowest BCUT2D eigenvalue weighted by atomic mass is 9.88. The van der Waals surface area contributed by atoms with Gasteiger partial charge in [-0.15, -0.1) is 23.1 Å². The predicted octanol–water partition coefficient (Wildman–Crippen LogP) is -0.143. The summed E-state index contributed by atoms with van der Waals surface area (Å²) in [5.41, 5.74) is 3.51. The summed E-state index contributed by atoms with van der Waals surface area (Å²) in [4.78, 5) is 49.2. The van der Waals surface area contributed by atoms with Crippen LogP contribution < -0.4 is 11.1 Å². The third kappa shape index (κ3) is 3.49. The number of carboxylic acids is 1. The molecular formula is C15H17N3O6S2. The van der Waals surface area contributed by atoms with Crippen LogP contribution in [0.25, 0.3) is 0 Å². The summed E-state index contributed by atoms with van der Waals surface area (Å²) in [6.45, 7) is -0.500. The number of carboxylic acid groups (broad SMARTS) is 1. The number of β-lactam (4-membered cyclic amide) rings is 1. The van der Waals surface area contributed by atoms with Crippen molar-refractivity contribution in [2.45, 2.75) is 17.8 Å². The largest absolute Gasteiger partial charge is 0.481 e. The van der Waals surface area contributed by atoms with E-state index in [0.717, 1.165) is 4.88 Å². The van der Waals surface area contributed by atoms with Gasteiger partial charge in [0.25, 0.3) is 0 Å². The maximum atomic E-state index is 12.4. The third-order valence-corrected chi connectivity index (χ3v) is 6.78. The summed E-state index contributed by atoms with van der Waals surface area (Å²) in [5, 5.41) is 13.8. The number of thiophene rings is 1. The lowest BCUT2D eigenvalue weighted by Gasteiger charge is -2.53. The van der Waals surface area contributed by atoms with E-state index in [-0.39, 0.29) is 35.9 Å². The van der Waals surface area contributed by atoms with Gasteiger partial charge in [0.05, 0.1) is 6.42 Å². The molecule has 2 unspecified atom stereocenters. The van der Waals surface area contributed by atoms with Crippen molar-refractivity contribution < 1.29 is 29.0 Å². The minimum Gasteiger partial charge on any atom is -0.481 e. The van der Waals surface area contributed by atoms with E-state index in [2.05, 4.69) is 10.1 Å². The molecule has 11 heteroatoms. The van der Waals surface area contributed by atoms with Gasteiger partial charge in [-0.25, -0.2) is 4.79 Å². The van der Waals surface area contributed by atoms with Gasteiger partial charge < -0.3 is 25.8 Å². The molecule has 0 radical (unpaired) electrons. The molecule has 3 rings (SSSR count). The van der Waals surface area contributed by atoms with E-state index in [1.54, 1.807) is 0 Å². The average Bonchev–Trinajstić information content (AvgIpc) is 3.10. The van der Waals surface area contributed by atoms with Crippen LogP contribution in [0.1, 0.15) is 4.88 Å². The Balaban J connectivity index is 1.60. The van der Waals surface area contributed by atoms with Crippen molar-refractivity contribution >= 4 is 47.0 Å². The Morgan fingerprint density at radius 1 is 1.46 bits per heavy atom. The number of amides is 3. The zero-order chi connectivity index (χ0) is 18.9. The molecule has 2 aliphatic heterocycles. The van der Waals surface area contributed by atoms with Crippen molar-refractivity contribution in [2.24, 2.45) is 11.1 Å². The molecule has 3 heterocycles. The number of rotatable bonds is 6. The van der Waals surface area contributed by atoms with Crippen LogP contribution >= 0.6 is 23.1 Å². The van der Waals surface area contributed by atoms with Gasteiger partial charge in [0.1, 0.15) is 23.4 Å². The number of nitrogens with one attached hydrogen (secondary N) is 1. The molecule has 0 aromatic carbocycles. The number of thioether (sulfide) groups is 1. The van der Waals surface area contributed by atoms with E-state index in [4.69, 9.17) is 5.73 Å². The van der Waals surface area contributed by atoms with Gasteiger partial charge in [0.2, 0.25) is 11.8 Å². The molecule has 1 aromatic heterocycles. The van der Waals surface area contributed by atoms with Crippen molar-refractivity contribution in [3.63, 3.8) is 0 Å². The second kappa shape index (κ2) is 7.16. The lowest BCUT2D eigenvalue weighted by molar-refractivity contribution is -0.161. The normalized spacial score (nSPS) is 27.2. The Bertz CT molecular complexity index is 740. The van der Waals surface area contributed by atoms with E-state index in [0.29, 0.717) is 0 Å². The molecular weight excluding hydrogens is 382 g/mol. The Hall–Kier alpha value is -2.27. The summed E-state index contributed by atoms with van der Waals surface area (Å²) >= 11 is 2.70. The fraction of sp³-hybridized carbons (Fsp3) is 0.467. The van der Waals surface area contributed by atoms with Crippen LogP contribution in [-0.2, 0) is 25.5 Å². The third-order valence-electron chi connectivity index (χ3n) is 4.32. The number of ether oxygens (including phenoxy) is 1. The first kappa shape index (κ1) is 18.5. The zero-order valence-corrected chi connectivity index (χ0v) is 15.2. The quantitative estimate of drug-likeness (QED) is 0.566. The zero-order valence-electron chi connectivity index (χ0n) is 13.5. The topological polar surface area (TPSA) is 139 Å². The molecule has 0 aliphatic carbocycles. The van der Waals surface area contributed by atoms with E-state index in [1.165, 1.54) is 28.0 Å². The first-order valence-corrected chi connectivity index (χ1v) is 9.65. The number of hydrogen-bond donors (Lipinski definition) is 3. The predicted molar refractivity (Wildman–Crippen MR) is 93.5 cm³/mol. The fourth-order valence-electron chi connectivity index (χ4n) is 2.91. The molecule has 2 saturated heterocycles. The van der Waals surface area contributed by atoms with Crippen molar-refractivity contribution in [2.75, 3.05) is 18.9 Å². The molecule has 140 valence electrons. The minimum absolute atomic E-state index is 0.0938. The van der Waals surface area contributed by atoms with E-state index in [9.17, 15) is 24.3 Å². The van der Waals surface area contributed by atoms with E-state index < -0.39 is 30.1 Å². The summed E-state index contributed by atoms with van der Waals surface area (Å²) in [6.07, 6.45) is -0.865. The summed E-state index contributed by atoms with van der Waals surface area (Å²) in [5.74, 6) is -1.62. The van der Waals surface area contributed by atoms with Crippen LogP contribution in [0.3, 0.4) is 0 Å². The molecule has 0 bridgehead atoms. The molecule has 0 spiro atoms. The van der Waals surface area contributed by atoms with Crippen molar-refractivity contribution in [1.82, 2.24) is 10.2 Å². The van der Waals surface area contributed by atoms with E-state index in [1.807, 2.05) is 17.5 Å². The summed E-state index contributed by atoms with van der Waals surface area (Å²) < 4.78 is 4.68. The van der Waals surface area contributed by atoms with Crippen LogP contribution in [0.15, 0.2) is 17.5 Å². The Morgan fingerprint density at radius 3 is 2.85 bits per heavy atom. The van der Waals surface area contributed by atoms with Gasteiger partial charge in [0.15, 0.2) is 0 Å². The molecule has 26 heavy (non-hydrogen) atoms. The first-order chi connectivity index (χ1) is 12.3. The molecule has 4 N–H and O–H groups in total. The monoisotopic (exact) mass is 399 g/mol. The Kier molecular flexibility index (Phi) is 5.10. The van der Waals surface area contributed by atoms with Gasteiger partial charge in [-0.2, -0.15) is 0 Å². The Labute approximate surface area is 156 Å². The van der Waals surface area contributed by atoms with Gasteiger partial charge in [-0.3, -0.25) is 14.4 Å². The highest BCUT2D eigenvalue weighted by atomic mass is 32.2. The first-order valence-electron chi connectivity index (χ1n) is 7.72. The highest BCUT2D eigenvalue weighted by molar-refractivity contribution is 8.00. The second-order valence-corrected chi connectivity index (χ2v) is 8.30. The van der Waals surface area contributed by atoms with Crippen molar-refractivity contribution in [1.29, 1.82) is 0 Å². The highest BCUT2D eigenvalue weighted by Crippen LogP contribution is 2.42. The number of aliphatic carboxylic acids is 1. The number of primary amides is 1. The van der Waals surface area contributed by atoms with Crippen LogP contribution in [-0.4, -0.2) is 64.2 Å². The number of nitrogens with two attached hydrogens (primary N) is 1. The van der Waals surface area contributed by atoms with Gasteiger partial charge in [0, 0.05) is 17.2 Å². The number of fused-ring (bicyclic) bond motifs is 1. The number of nitrogens with zero attached hydrogens (tertiary/aromatic N) is 1. The van der Waals surface area contributed by atoms with Gasteiger partial charge >= 0.3 is 12.1 Å². The summed E-state index contributed by atoms with van der Waals surface area (Å²) in [7, 11) is 0. The number of hydrogen-bond acceptors (Lipinski definition) is 7. The molecule has 2 aliphatic rings. The molecule has 1 aromatic rings. The molecule has 2 fully saturated rings. The SMILES string of the molecule is NC(=O)OCC1(C(=O)O)CS[C@@H]2C(NC(=O)Cc3cccs3)C(=O)N2C1. The molecule has 3 amide bonds. The minimum atomic E-state index is -1.40. The molecule has 0 saturated carbocycles. The highest BCUT2D eigenvalue weighted by Gasteiger charge is 2.57. The number of carbonyl (C=O) groups is 4. The van der Waals surface area contributed by atoms with Gasteiger partial charge in [-0.1, -0.05) is 6.07 Å². The van der Waals surface area contributed by atoms with Gasteiger partial charge in [-0.05, 0) is 11.4 Å². The van der Waals surface area contributed by atoms with Crippen LogP contribution in [0.4, 0.5) is 4.79 Å². The van der Waals surface area contributed by atoms with E-state index >= 15 is 0 Å². The van der Waals surface area contributed by atoms with Crippen LogP contribution in [0.5, 0.6) is 0 Å². The maximum Gasteiger partial charge on any atom is 0.404 e. The fourth-order valence-corrected chi connectivity index (χ4v) is 5.14. The Morgan fingerprint density at radius 2 is 2.23 bits per heavy atom. The number of carbonyl (C=O) groups excluding carboxylic acids is 3. The van der Waals surface area contributed by atoms with Crippen molar-refractivity contribution in [3.8, 4) is 0 Å². The average molecular weight is 399 g/mol. The summed E-state index contributed by atoms with van der Waals surface area (Å²) in [6, 6.07) is 3.02. The maximum absolute atomic E-state index is 12.4. The molecule has 3 atom stereocenters. The van der Waals surface area contributed by atoms with Crippen molar-refractivity contribution in [3.05, 3.63) is 22.4 Å². The standard InChI is InChI=1S/C15H17N3O6S2/c16-14(23)24-6-15(13(21)22)5-18-11(20)10(12(18)26-7-15)17-9(19)4-8-2-1-3-25-8/h1-3,10,12H,4-7H2,(H2,16,23)(H,17,19)(H,21,22)/t10?,12-,15?/m1/s1. The second-order valence-electron chi connectivity index (χ2n) is 6.16. The van der Waals surface area contributed by atoms with Crippen LogP contribution in [0, 0.1) is 5.41 Å².